The molecular formula is C13H16BrClFNO. The number of benzene rings is 1. The van der Waals surface area contributed by atoms with Gasteiger partial charge in [-0.05, 0) is 34.5 Å². The molecule has 0 aromatic heterocycles. The van der Waals surface area contributed by atoms with Gasteiger partial charge in [-0.2, -0.15) is 0 Å². The van der Waals surface area contributed by atoms with Gasteiger partial charge in [0.05, 0.1) is 16.7 Å². The highest BCUT2D eigenvalue weighted by molar-refractivity contribution is 9.10. The Balaban J connectivity index is 2.06. The van der Waals surface area contributed by atoms with Crippen LogP contribution in [0.3, 0.4) is 0 Å². The summed E-state index contributed by atoms with van der Waals surface area (Å²) in [5.41, 5.74) is 0.956. The van der Waals surface area contributed by atoms with E-state index >= 15 is 0 Å². The molecule has 1 aromatic carbocycles. The van der Waals surface area contributed by atoms with E-state index in [-0.39, 0.29) is 18.0 Å². The lowest BCUT2D eigenvalue weighted by molar-refractivity contribution is -0.0689. The highest BCUT2D eigenvalue weighted by atomic mass is 79.9. The largest absolute Gasteiger partial charge is 0.371 e. The van der Waals surface area contributed by atoms with Crippen LogP contribution in [0.15, 0.2) is 22.7 Å². The van der Waals surface area contributed by atoms with E-state index < -0.39 is 0 Å². The molecule has 2 unspecified atom stereocenters. The SMILES string of the molecule is CC1CN(Cc2cccc(F)c2Br)CC(CCl)O1. The van der Waals surface area contributed by atoms with Gasteiger partial charge in [0.25, 0.3) is 0 Å². The zero-order valence-electron chi connectivity index (χ0n) is 10.2. The smallest absolute Gasteiger partial charge is 0.137 e. The zero-order valence-corrected chi connectivity index (χ0v) is 12.5. The van der Waals surface area contributed by atoms with E-state index in [0.717, 1.165) is 18.7 Å². The van der Waals surface area contributed by atoms with Gasteiger partial charge in [-0.3, -0.25) is 4.90 Å². The molecule has 1 aliphatic heterocycles. The first-order valence-electron chi connectivity index (χ1n) is 5.96. The molecule has 0 bridgehead atoms. The Morgan fingerprint density at radius 3 is 3.00 bits per heavy atom. The van der Waals surface area contributed by atoms with Gasteiger partial charge in [-0.1, -0.05) is 12.1 Å². The molecule has 1 heterocycles. The standard InChI is InChI=1S/C13H16BrClFNO/c1-9-6-17(8-11(5-15)18-9)7-10-3-2-4-12(16)13(10)14/h2-4,9,11H,5-8H2,1H3. The van der Waals surface area contributed by atoms with Gasteiger partial charge in [0.1, 0.15) is 5.82 Å². The van der Waals surface area contributed by atoms with Crippen LogP contribution in [0.25, 0.3) is 0 Å². The summed E-state index contributed by atoms with van der Waals surface area (Å²) in [6.45, 7) is 4.37. The fourth-order valence-electron chi connectivity index (χ4n) is 2.27. The van der Waals surface area contributed by atoms with Gasteiger partial charge >= 0.3 is 0 Å². The second-order valence-electron chi connectivity index (χ2n) is 4.63. The summed E-state index contributed by atoms with van der Waals surface area (Å²) in [6, 6.07) is 5.12. The minimum atomic E-state index is -0.220. The van der Waals surface area contributed by atoms with E-state index in [1.54, 1.807) is 6.07 Å². The number of hydrogen-bond acceptors (Lipinski definition) is 2. The van der Waals surface area contributed by atoms with Crippen LogP contribution in [0.5, 0.6) is 0 Å². The summed E-state index contributed by atoms with van der Waals surface area (Å²) in [4.78, 5) is 2.25. The van der Waals surface area contributed by atoms with Crippen molar-refractivity contribution in [2.45, 2.75) is 25.7 Å². The first-order chi connectivity index (χ1) is 8.60. The van der Waals surface area contributed by atoms with E-state index in [1.165, 1.54) is 6.07 Å². The van der Waals surface area contributed by atoms with E-state index in [9.17, 15) is 4.39 Å². The van der Waals surface area contributed by atoms with Crippen LogP contribution in [0, 0.1) is 5.82 Å². The van der Waals surface area contributed by atoms with Crippen molar-refractivity contribution >= 4 is 27.5 Å². The van der Waals surface area contributed by atoms with Crippen molar-refractivity contribution in [3.63, 3.8) is 0 Å². The third-order valence-corrected chi connectivity index (χ3v) is 4.23. The maximum Gasteiger partial charge on any atom is 0.137 e. The van der Waals surface area contributed by atoms with E-state index in [2.05, 4.69) is 20.8 Å². The first-order valence-corrected chi connectivity index (χ1v) is 7.29. The third-order valence-electron chi connectivity index (χ3n) is 3.00. The van der Waals surface area contributed by atoms with Crippen molar-refractivity contribution in [1.82, 2.24) is 4.90 Å². The molecule has 1 saturated heterocycles. The van der Waals surface area contributed by atoms with E-state index in [4.69, 9.17) is 16.3 Å². The Bertz CT molecular complexity index is 418. The lowest BCUT2D eigenvalue weighted by Gasteiger charge is -2.36. The molecule has 5 heteroatoms. The highest BCUT2D eigenvalue weighted by Gasteiger charge is 2.25. The fraction of sp³-hybridized carbons (Fsp3) is 0.538. The van der Waals surface area contributed by atoms with Crippen molar-refractivity contribution in [2.75, 3.05) is 19.0 Å². The normalized spacial score (nSPS) is 25.3. The Hall–Kier alpha value is -0.160. The minimum Gasteiger partial charge on any atom is -0.371 e. The number of halogens is 3. The van der Waals surface area contributed by atoms with Crippen molar-refractivity contribution in [3.05, 3.63) is 34.1 Å². The second kappa shape index (κ2) is 6.33. The predicted molar refractivity (Wildman–Crippen MR) is 74.4 cm³/mol. The van der Waals surface area contributed by atoms with Crippen LogP contribution in [0.4, 0.5) is 4.39 Å². The van der Waals surface area contributed by atoms with Crippen LogP contribution in [-0.4, -0.2) is 36.1 Å². The lowest BCUT2D eigenvalue weighted by Crippen LogP contribution is -2.46. The summed E-state index contributed by atoms with van der Waals surface area (Å²) in [7, 11) is 0. The average Bonchev–Trinajstić information content (AvgIpc) is 2.34. The molecule has 1 aliphatic rings. The van der Waals surface area contributed by atoms with Crippen LogP contribution in [-0.2, 0) is 11.3 Å². The number of hydrogen-bond donors (Lipinski definition) is 0. The van der Waals surface area contributed by atoms with E-state index in [1.807, 2.05) is 13.0 Å². The van der Waals surface area contributed by atoms with Crippen molar-refractivity contribution < 1.29 is 9.13 Å². The van der Waals surface area contributed by atoms with Gasteiger partial charge < -0.3 is 4.74 Å². The number of alkyl halides is 1. The molecule has 100 valence electrons. The zero-order chi connectivity index (χ0) is 13.1. The van der Waals surface area contributed by atoms with Crippen LogP contribution < -0.4 is 0 Å². The number of morpholine rings is 1. The third kappa shape index (κ3) is 3.44. The quantitative estimate of drug-likeness (QED) is 0.784. The van der Waals surface area contributed by atoms with Crippen molar-refractivity contribution in [3.8, 4) is 0 Å². The lowest BCUT2D eigenvalue weighted by atomic mass is 10.1. The molecule has 0 radical (unpaired) electrons. The summed E-state index contributed by atoms with van der Waals surface area (Å²) in [5.74, 6) is 0.272. The molecule has 0 spiro atoms. The van der Waals surface area contributed by atoms with E-state index in [0.29, 0.717) is 16.9 Å². The summed E-state index contributed by atoms with van der Waals surface area (Å²) in [5, 5.41) is 0. The molecule has 1 fully saturated rings. The molecule has 2 nitrogen and oxygen atoms in total. The van der Waals surface area contributed by atoms with Gasteiger partial charge in [-0.15, -0.1) is 11.6 Å². The maximum atomic E-state index is 13.4. The van der Waals surface area contributed by atoms with Crippen molar-refractivity contribution in [1.29, 1.82) is 0 Å². The molecule has 18 heavy (non-hydrogen) atoms. The Morgan fingerprint density at radius 2 is 2.28 bits per heavy atom. The molecule has 2 rings (SSSR count). The van der Waals surface area contributed by atoms with Gasteiger partial charge in [0.15, 0.2) is 0 Å². The highest BCUT2D eigenvalue weighted by Crippen LogP contribution is 2.23. The van der Waals surface area contributed by atoms with Gasteiger partial charge in [0, 0.05) is 25.5 Å². The molecule has 0 amide bonds. The minimum absolute atomic E-state index is 0.0581. The number of nitrogens with zero attached hydrogens (tertiary/aromatic N) is 1. The summed E-state index contributed by atoms with van der Waals surface area (Å²) >= 11 is 9.14. The van der Waals surface area contributed by atoms with Gasteiger partial charge in [-0.25, -0.2) is 4.39 Å². The van der Waals surface area contributed by atoms with Crippen molar-refractivity contribution in [2.24, 2.45) is 0 Å². The van der Waals surface area contributed by atoms with Crippen LogP contribution in [0.1, 0.15) is 12.5 Å². The van der Waals surface area contributed by atoms with Crippen LogP contribution in [0.2, 0.25) is 0 Å². The average molecular weight is 337 g/mol. The molecule has 1 aromatic rings. The summed E-state index contributed by atoms with van der Waals surface area (Å²) in [6.07, 6.45) is 0.220. The Labute approximate surface area is 120 Å². The molecule has 0 aliphatic carbocycles. The second-order valence-corrected chi connectivity index (χ2v) is 5.73. The molecule has 2 atom stereocenters. The number of rotatable bonds is 3. The fourth-order valence-corrected chi connectivity index (χ4v) is 2.83. The maximum absolute atomic E-state index is 13.4. The molecule has 0 saturated carbocycles. The Kier molecular flexibility index (Phi) is 5.01. The summed E-state index contributed by atoms with van der Waals surface area (Å²) < 4.78 is 19.7. The number of ether oxygens (including phenoxy) is 1. The molecule has 0 N–H and O–H groups in total. The van der Waals surface area contributed by atoms with Crippen LogP contribution >= 0.6 is 27.5 Å². The first kappa shape index (κ1) is 14.3. The Morgan fingerprint density at radius 1 is 1.50 bits per heavy atom. The molecular weight excluding hydrogens is 321 g/mol. The predicted octanol–water partition coefficient (Wildman–Crippen LogP) is 3.42. The van der Waals surface area contributed by atoms with Gasteiger partial charge in [0.2, 0.25) is 0 Å². The monoisotopic (exact) mass is 335 g/mol. The topological polar surface area (TPSA) is 12.5 Å².